The molecule has 0 bridgehead atoms. The molecule has 1 fully saturated rings. The molecule has 0 amide bonds. The van der Waals surface area contributed by atoms with Gasteiger partial charge in [0.1, 0.15) is 5.04 Å². The zero-order chi connectivity index (χ0) is 19.6. The smallest absolute Gasteiger partial charge is 0.402 e. The van der Waals surface area contributed by atoms with Crippen LogP contribution in [0.1, 0.15) is 85.5 Å². The number of hydrogen-bond acceptors (Lipinski definition) is 4. The third-order valence-corrected chi connectivity index (χ3v) is 13.5. The minimum absolute atomic E-state index is 0.0524. The summed E-state index contributed by atoms with van der Waals surface area (Å²) in [4.78, 5) is 13.4. The van der Waals surface area contributed by atoms with Crippen LogP contribution >= 0.6 is 0 Å². The summed E-state index contributed by atoms with van der Waals surface area (Å²) in [5.74, 6) is -0.0524. The molecule has 0 heterocycles. The molecule has 26 heavy (non-hydrogen) atoms. The molecule has 0 aliphatic heterocycles. The van der Waals surface area contributed by atoms with Crippen molar-refractivity contribution in [2.24, 2.45) is 0 Å². The topological polar surface area (TPSA) is 44.8 Å². The van der Waals surface area contributed by atoms with Gasteiger partial charge in [-0.1, -0.05) is 59.3 Å². The quantitative estimate of drug-likeness (QED) is 0.357. The minimum atomic E-state index is -2.11. The van der Waals surface area contributed by atoms with Gasteiger partial charge in [0, 0.05) is 14.2 Å². The molecule has 6 heteroatoms. The summed E-state index contributed by atoms with van der Waals surface area (Å²) >= 11 is 0. The predicted molar refractivity (Wildman–Crippen MR) is 112 cm³/mol. The van der Waals surface area contributed by atoms with E-state index < -0.39 is 22.6 Å². The summed E-state index contributed by atoms with van der Waals surface area (Å²) in [6.45, 7) is 8.50. The highest BCUT2D eigenvalue weighted by molar-refractivity contribution is 6.77. The van der Waals surface area contributed by atoms with Crippen LogP contribution in [0, 0.1) is 0 Å². The van der Waals surface area contributed by atoms with E-state index in [0.717, 1.165) is 12.1 Å². The van der Waals surface area contributed by atoms with Crippen LogP contribution in [0.2, 0.25) is 22.7 Å². The van der Waals surface area contributed by atoms with Crippen LogP contribution in [-0.4, -0.2) is 37.8 Å². The van der Waals surface area contributed by atoms with Gasteiger partial charge in [-0.05, 0) is 43.8 Å². The van der Waals surface area contributed by atoms with Crippen LogP contribution in [-0.2, 0) is 18.1 Å². The average molecular weight is 402 g/mol. The number of rotatable bonds is 13. The highest BCUT2D eigenvalue weighted by Gasteiger charge is 2.52. The van der Waals surface area contributed by atoms with Gasteiger partial charge in [0.05, 0.1) is 0 Å². The Hall–Kier alpha value is -0.176. The van der Waals surface area contributed by atoms with Crippen molar-refractivity contribution < 1.29 is 18.1 Å². The van der Waals surface area contributed by atoms with Crippen molar-refractivity contribution >= 4 is 23.6 Å². The standard InChI is InChI=1S/C20H41O4Si2/c1-7-10-16-26(17-11-8-2,18-14-12-13-15-18)24-19(21)20(4,9-3)25(22-5)23-6/h18H,7-17H2,1-6H3. The van der Waals surface area contributed by atoms with E-state index in [0.29, 0.717) is 12.0 Å². The summed E-state index contributed by atoms with van der Waals surface area (Å²) in [6.07, 6.45) is 10.5. The Bertz CT molecular complexity index is 401. The van der Waals surface area contributed by atoms with Crippen LogP contribution in [0.25, 0.3) is 0 Å². The first-order chi connectivity index (χ1) is 12.4. The van der Waals surface area contributed by atoms with Gasteiger partial charge in [-0.2, -0.15) is 0 Å². The van der Waals surface area contributed by atoms with Crippen LogP contribution in [0.15, 0.2) is 0 Å². The molecular weight excluding hydrogens is 360 g/mol. The molecule has 1 unspecified atom stereocenters. The second kappa shape index (κ2) is 11.6. The Morgan fingerprint density at radius 1 is 1.04 bits per heavy atom. The Balaban J connectivity index is 3.12. The summed E-state index contributed by atoms with van der Waals surface area (Å²) in [6, 6.07) is 2.25. The van der Waals surface area contributed by atoms with Crippen LogP contribution in [0.4, 0.5) is 0 Å². The zero-order valence-corrected chi connectivity index (χ0v) is 20.0. The molecule has 0 saturated heterocycles. The van der Waals surface area contributed by atoms with Gasteiger partial charge < -0.3 is 13.3 Å². The lowest BCUT2D eigenvalue weighted by molar-refractivity contribution is -0.139. The first-order valence-corrected chi connectivity index (χ1v) is 14.3. The lowest BCUT2D eigenvalue weighted by Gasteiger charge is -2.40. The maximum absolute atomic E-state index is 13.4. The van der Waals surface area contributed by atoms with Crippen molar-refractivity contribution in [2.75, 3.05) is 14.2 Å². The highest BCUT2D eigenvalue weighted by atomic mass is 28.4. The van der Waals surface area contributed by atoms with E-state index in [9.17, 15) is 4.79 Å². The van der Waals surface area contributed by atoms with Gasteiger partial charge in [-0.25, -0.2) is 0 Å². The van der Waals surface area contributed by atoms with Crippen molar-refractivity contribution in [1.82, 2.24) is 0 Å². The third-order valence-electron chi connectivity index (χ3n) is 6.28. The van der Waals surface area contributed by atoms with Gasteiger partial charge in [0.15, 0.2) is 0 Å². The number of hydrogen-bond donors (Lipinski definition) is 0. The van der Waals surface area contributed by atoms with Crippen LogP contribution in [0.5, 0.6) is 0 Å². The number of carbonyl (C=O) groups is 1. The Morgan fingerprint density at radius 2 is 1.54 bits per heavy atom. The highest BCUT2D eigenvalue weighted by Crippen LogP contribution is 2.47. The molecule has 1 saturated carbocycles. The predicted octanol–water partition coefficient (Wildman–Crippen LogP) is 5.97. The minimum Gasteiger partial charge on any atom is -0.518 e. The summed E-state index contributed by atoms with van der Waals surface area (Å²) < 4.78 is 17.8. The summed E-state index contributed by atoms with van der Waals surface area (Å²) in [7, 11) is -0.511. The van der Waals surface area contributed by atoms with Crippen molar-refractivity contribution in [3.8, 4) is 0 Å². The van der Waals surface area contributed by atoms with Crippen molar-refractivity contribution in [1.29, 1.82) is 0 Å². The van der Waals surface area contributed by atoms with Gasteiger partial charge in [0.25, 0.3) is 14.3 Å². The first kappa shape index (κ1) is 23.9. The monoisotopic (exact) mass is 401 g/mol. The van der Waals surface area contributed by atoms with Crippen molar-refractivity contribution in [2.45, 2.75) is 108 Å². The van der Waals surface area contributed by atoms with E-state index in [1.165, 1.54) is 51.4 Å². The maximum Gasteiger partial charge on any atom is 0.402 e. The van der Waals surface area contributed by atoms with E-state index in [2.05, 4.69) is 13.8 Å². The molecule has 4 nitrogen and oxygen atoms in total. The third kappa shape index (κ3) is 5.66. The average Bonchev–Trinajstić information content (AvgIpc) is 3.19. The second-order valence-corrected chi connectivity index (χ2v) is 14.7. The lowest BCUT2D eigenvalue weighted by atomic mass is 10.1. The van der Waals surface area contributed by atoms with E-state index in [1.807, 2.05) is 13.8 Å². The van der Waals surface area contributed by atoms with E-state index in [1.54, 1.807) is 14.2 Å². The molecule has 153 valence electrons. The zero-order valence-electron chi connectivity index (χ0n) is 18.0. The van der Waals surface area contributed by atoms with Gasteiger partial charge >= 0.3 is 9.28 Å². The van der Waals surface area contributed by atoms with E-state index in [4.69, 9.17) is 13.3 Å². The second-order valence-electron chi connectivity index (χ2n) is 8.02. The molecule has 1 rings (SSSR count). The molecule has 1 aliphatic rings. The number of carbonyl (C=O) groups excluding carboxylic acids is 1. The Morgan fingerprint density at radius 3 is 1.92 bits per heavy atom. The summed E-state index contributed by atoms with van der Waals surface area (Å²) in [5, 5.41) is -0.649. The van der Waals surface area contributed by atoms with Gasteiger partial charge in [-0.15, -0.1) is 0 Å². The molecule has 1 atom stereocenters. The lowest BCUT2D eigenvalue weighted by Crippen LogP contribution is -2.50. The van der Waals surface area contributed by atoms with Crippen LogP contribution in [0.3, 0.4) is 0 Å². The number of unbranched alkanes of at least 4 members (excludes halogenated alkanes) is 2. The van der Waals surface area contributed by atoms with Gasteiger partial charge in [-0.3, -0.25) is 4.79 Å². The molecule has 0 aromatic carbocycles. The fourth-order valence-corrected chi connectivity index (χ4v) is 11.4. The molecule has 1 radical (unpaired) electrons. The fourth-order valence-electron chi connectivity index (χ4n) is 4.33. The normalized spacial score (nSPS) is 18.3. The largest absolute Gasteiger partial charge is 0.518 e. The SMILES string of the molecule is CCCC[Si](CCCC)(OC(=O)C(C)(CC)[Si](OC)OC)C1CCCC1. The molecular formula is C20H41O4Si2. The van der Waals surface area contributed by atoms with Crippen molar-refractivity contribution in [3.63, 3.8) is 0 Å². The first-order valence-electron chi connectivity index (χ1n) is 10.6. The fraction of sp³-hybridized carbons (Fsp3) is 0.950. The Kier molecular flexibility index (Phi) is 10.7. The Labute approximate surface area is 164 Å². The van der Waals surface area contributed by atoms with Crippen LogP contribution < -0.4 is 0 Å². The maximum atomic E-state index is 13.4. The molecule has 0 N–H and O–H groups in total. The molecule has 1 aliphatic carbocycles. The van der Waals surface area contributed by atoms with Crippen molar-refractivity contribution in [3.05, 3.63) is 0 Å². The van der Waals surface area contributed by atoms with E-state index in [-0.39, 0.29) is 5.97 Å². The molecule has 0 aromatic rings. The summed E-state index contributed by atoms with van der Waals surface area (Å²) in [5.41, 5.74) is 0.645. The molecule has 0 aromatic heterocycles. The van der Waals surface area contributed by atoms with Gasteiger partial charge in [0.2, 0.25) is 0 Å². The molecule has 0 spiro atoms. The van der Waals surface area contributed by atoms with E-state index >= 15 is 0 Å².